The maximum atomic E-state index is 11.8. The van der Waals surface area contributed by atoms with E-state index in [1.54, 1.807) is 6.07 Å². The lowest BCUT2D eigenvalue weighted by atomic mass is 9.88. The molecule has 3 aromatic carbocycles. The summed E-state index contributed by atoms with van der Waals surface area (Å²) in [4.78, 5) is 14.1. The third-order valence-corrected chi connectivity index (χ3v) is 7.41. The molecule has 4 aromatic rings. The second-order valence-corrected chi connectivity index (χ2v) is 10.7. The average Bonchev–Trinajstić information content (AvgIpc) is 3.26. The van der Waals surface area contributed by atoms with Crippen molar-refractivity contribution < 1.29 is 19.7 Å². The summed E-state index contributed by atoms with van der Waals surface area (Å²) in [5.74, 6) is 0.516. The van der Waals surface area contributed by atoms with Crippen LogP contribution in [-0.4, -0.2) is 58.0 Å². The molecule has 1 atom stereocenters. The van der Waals surface area contributed by atoms with E-state index in [-0.39, 0.29) is 12.3 Å². The van der Waals surface area contributed by atoms with E-state index >= 15 is 0 Å². The molecule has 2 heterocycles. The van der Waals surface area contributed by atoms with Gasteiger partial charge in [0.2, 0.25) is 0 Å². The highest BCUT2D eigenvalue weighted by molar-refractivity contribution is 5.97. The van der Waals surface area contributed by atoms with E-state index in [0.717, 1.165) is 36.8 Å². The van der Waals surface area contributed by atoms with Gasteiger partial charge < -0.3 is 24.4 Å². The molecule has 37 heavy (non-hydrogen) atoms. The number of ether oxygens (including phenoxy) is 1. The fraction of sp³-hybridized carbons (Fsp3) is 0.387. The van der Waals surface area contributed by atoms with E-state index in [2.05, 4.69) is 61.2 Å². The highest BCUT2D eigenvalue weighted by atomic mass is 16.5. The number of carboxylic acids is 1. The molecule has 0 amide bonds. The largest absolute Gasteiger partial charge is 0.490 e. The number of piperidine rings is 1. The zero-order valence-corrected chi connectivity index (χ0v) is 21.6. The van der Waals surface area contributed by atoms with Crippen molar-refractivity contribution in [2.75, 3.05) is 26.2 Å². The Balaban J connectivity index is 1.18. The SMILES string of the molecule is CC(C)Cn1c(C(=O)O)cc2c(OC[C@@H](O)CN3CCC(c4ccc5ccccc5c4)CC3)cccc21. The molecule has 6 heteroatoms. The lowest BCUT2D eigenvalue weighted by molar-refractivity contribution is 0.0599. The Morgan fingerprint density at radius 2 is 1.73 bits per heavy atom. The monoisotopic (exact) mass is 500 g/mol. The molecule has 0 aliphatic carbocycles. The first kappa shape index (κ1) is 25.3. The number of hydrogen-bond acceptors (Lipinski definition) is 4. The number of aliphatic hydroxyl groups is 1. The summed E-state index contributed by atoms with van der Waals surface area (Å²) in [6, 6.07) is 22.6. The quantitative estimate of drug-likeness (QED) is 0.305. The number of rotatable bonds is 9. The van der Waals surface area contributed by atoms with Crippen LogP contribution in [0.1, 0.15) is 48.7 Å². The minimum Gasteiger partial charge on any atom is -0.490 e. The van der Waals surface area contributed by atoms with Crippen LogP contribution in [0.2, 0.25) is 0 Å². The molecule has 1 saturated heterocycles. The molecular formula is C31H36N2O4. The molecule has 0 bridgehead atoms. The number of benzene rings is 3. The van der Waals surface area contributed by atoms with Crippen LogP contribution in [-0.2, 0) is 6.54 Å². The molecule has 194 valence electrons. The fourth-order valence-corrected chi connectivity index (χ4v) is 5.57. The summed E-state index contributed by atoms with van der Waals surface area (Å²) < 4.78 is 7.86. The second-order valence-electron chi connectivity index (χ2n) is 10.7. The van der Waals surface area contributed by atoms with Crippen molar-refractivity contribution in [2.45, 2.75) is 45.3 Å². The minimum absolute atomic E-state index is 0.168. The van der Waals surface area contributed by atoms with Gasteiger partial charge in [-0.2, -0.15) is 0 Å². The highest BCUT2D eigenvalue weighted by Gasteiger charge is 2.23. The van der Waals surface area contributed by atoms with Crippen molar-refractivity contribution in [1.82, 2.24) is 9.47 Å². The Bertz CT molecular complexity index is 1380. The van der Waals surface area contributed by atoms with Crippen LogP contribution in [0, 0.1) is 5.92 Å². The maximum Gasteiger partial charge on any atom is 0.352 e. The molecule has 2 N–H and O–H groups in total. The van der Waals surface area contributed by atoms with Gasteiger partial charge in [0.1, 0.15) is 24.2 Å². The standard InChI is InChI=1S/C31H36N2O4/c1-21(2)18-33-28-8-5-9-30(27(28)17-29(33)31(35)36)37-20-26(34)19-32-14-12-23(13-15-32)25-11-10-22-6-3-4-7-24(22)16-25/h3-11,16-17,21,23,26,34H,12-15,18-20H2,1-2H3,(H,35,36)/t26-/m0/s1. The smallest absolute Gasteiger partial charge is 0.352 e. The number of aliphatic hydroxyl groups excluding tert-OH is 1. The summed E-state index contributed by atoms with van der Waals surface area (Å²) in [5.41, 5.74) is 2.50. The number of β-amino-alcohol motifs (C(OH)–C–C–N with tert-alkyl or cyclic N) is 1. The van der Waals surface area contributed by atoms with E-state index in [0.29, 0.717) is 30.7 Å². The molecule has 1 aromatic heterocycles. The zero-order chi connectivity index (χ0) is 25.9. The number of fused-ring (bicyclic) bond motifs is 2. The summed E-state index contributed by atoms with van der Waals surface area (Å²) in [5, 5.41) is 23.8. The first-order chi connectivity index (χ1) is 17.9. The zero-order valence-electron chi connectivity index (χ0n) is 21.6. The van der Waals surface area contributed by atoms with E-state index in [1.165, 1.54) is 16.3 Å². The van der Waals surface area contributed by atoms with E-state index < -0.39 is 12.1 Å². The third kappa shape index (κ3) is 5.65. The van der Waals surface area contributed by atoms with Crippen LogP contribution in [0.5, 0.6) is 5.75 Å². The molecule has 0 saturated carbocycles. The van der Waals surface area contributed by atoms with Crippen molar-refractivity contribution in [3.05, 3.63) is 78.0 Å². The predicted octanol–water partition coefficient (Wildman–Crippen LogP) is 5.77. The number of likely N-dealkylation sites (tertiary alicyclic amines) is 1. The number of aromatic nitrogens is 1. The van der Waals surface area contributed by atoms with E-state index in [9.17, 15) is 15.0 Å². The van der Waals surface area contributed by atoms with Crippen molar-refractivity contribution in [3.63, 3.8) is 0 Å². The summed E-state index contributed by atoms with van der Waals surface area (Å²) in [6.07, 6.45) is 1.53. The number of nitrogens with zero attached hydrogens (tertiary/aromatic N) is 2. The van der Waals surface area contributed by atoms with Crippen molar-refractivity contribution in [2.24, 2.45) is 5.92 Å². The van der Waals surface area contributed by atoms with E-state index in [1.807, 2.05) is 22.8 Å². The van der Waals surface area contributed by atoms with Gasteiger partial charge in [-0.05, 0) is 72.3 Å². The summed E-state index contributed by atoms with van der Waals surface area (Å²) >= 11 is 0. The highest BCUT2D eigenvalue weighted by Crippen LogP contribution is 2.32. The van der Waals surface area contributed by atoms with E-state index in [4.69, 9.17) is 4.74 Å². The summed E-state index contributed by atoms with van der Waals surface area (Å²) in [7, 11) is 0. The van der Waals surface area contributed by atoms with Crippen LogP contribution >= 0.6 is 0 Å². The van der Waals surface area contributed by atoms with Crippen LogP contribution < -0.4 is 4.74 Å². The normalized spacial score (nSPS) is 16.0. The molecule has 1 fully saturated rings. The topological polar surface area (TPSA) is 74.9 Å². The van der Waals surface area contributed by atoms with Gasteiger partial charge in [0.15, 0.2) is 0 Å². The summed E-state index contributed by atoms with van der Waals surface area (Å²) in [6.45, 7) is 7.38. The lowest BCUT2D eigenvalue weighted by Gasteiger charge is -2.33. The average molecular weight is 501 g/mol. The molecule has 1 aliphatic heterocycles. The van der Waals surface area contributed by atoms with Crippen molar-refractivity contribution in [1.29, 1.82) is 0 Å². The van der Waals surface area contributed by atoms with Gasteiger partial charge in [0, 0.05) is 18.5 Å². The lowest BCUT2D eigenvalue weighted by Crippen LogP contribution is -2.40. The number of carbonyl (C=O) groups is 1. The molecule has 0 unspecified atom stereocenters. The van der Waals surface area contributed by atoms with Gasteiger partial charge >= 0.3 is 5.97 Å². The van der Waals surface area contributed by atoms with Crippen molar-refractivity contribution in [3.8, 4) is 5.75 Å². The van der Waals surface area contributed by atoms with Crippen LogP contribution in [0.25, 0.3) is 21.7 Å². The fourth-order valence-electron chi connectivity index (χ4n) is 5.57. The van der Waals surface area contributed by atoms with Crippen LogP contribution in [0.15, 0.2) is 66.7 Å². The van der Waals surface area contributed by atoms with Gasteiger partial charge in [-0.3, -0.25) is 0 Å². The first-order valence-corrected chi connectivity index (χ1v) is 13.3. The first-order valence-electron chi connectivity index (χ1n) is 13.3. The predicted molar refractivity (Wildman–Crippen MR) is 148 cm³/mol. The van der Waals surface area contributed by atoms with Gasteiger partial charge in [-0.1, -0.05) is 62.4 Å². The molecule has 5 rings (SSSR count). The van der Waals surface area contributed by atoms with Crippen LogP contribution in [0.4, 0.5) is 0 Å². The molecule has 1 aliphatic rings. The van der Waals surface area contributed by atoms with Crippen molar-refractivity contribution >= 4 is 27.6 Å². The number of aromatic carboxylic acids is 1. The number of hydrogen-bond donors (Lipinski definition) is 2. The minimum atomic E-state index is -0.949. The molecule has 6 nitrogen and oxygen atoms in total. The molecule has 0 radical (unpaired) electrons. The third-order valence-electron chi connectivity index (χ3n) is 7.41. The Hall–Kier alpha value is -3.35. The van der Waals surface area contributed by atoms with Gasteiger partial charge in [0.25, 0.3) is 0 Å². The Morgan fingerprint density at radius 1 is 0.973 bits per heavy atom. The molecular weight excluding hydrogens is 464 g/mol. The van der Waals surface area contributed by atoms with Crippen LogP contribution in [0.3, 0.4) is 0 Å². The van der Waals surface area contributed by atoms with Gasteiger partial charge in [0.05, 0.1) is 5.52 Å². The maximum absolute atomic E-state index is 11.8. The molecule has 0 spiro atoms. The van der Waals surface area contributed by atoms with Gasteiger partial charge in [-0.15, -0.1) is 0 Å². The Labute approximate surface area is 218 Å². The second kappa shape index (κ2) is 11.0. The number of carboxylic acid groups (broad SMARTS) is 1. The Morgan fingerprint density at radius 3 is 2.46 bits per heavy atom. The Kier molecular flexibility index (Phi) is 7.49. The van der Waals surface area contributed by atoms with Gasteiger partial charge in [-0.25, -0.2) is 4.79 Å².